The van der Waals surface area contributed by atoms with Crippen LogP contribution >= 0.6 is 0 Å². The maximum atomic E-state index is 11.3. The molecule has 3 heterocycles. The number of aromatic nitrogens is 2. The maximum absolute atomic E-state index is 11.3. The normalized spacial score (nSPS) is 19.7. The van der Waals surface area contributed by atoms with E-state index in [1.807, 2.05) is 12.1 Å². The molecule has 0 aliphatic carbocycles. The number of aromatic carboxylic acids is 2. The molecule has 2 aromatic heterocycles. The predicted octanol–water partition coefficient (Wildman–Crippen LogP) is 3.55. The molecule has 2 aromatic rings. The zero-order valence-electron chi connectivity index (χ0n) is 21.9. The third-order valence-corrected chi connectivity index (χ3v) is 6.46. The van der Waals surface area contributed by atoms with E-state index < -0.39 is 11.9 Å². The number of carbonyl (C=O) groups is 2. The molecular weight excluding hydrogens is 490 g/mol. The second kappa shape index (κ2) is 16.8. The van der Waals surface area contributed by atoms with E-state index >= 15 is 0 Å². The van der Waals surface area contributed by atoms with E-state index in [0.717, 1.165) is 56.6 Å². The fourth-order valence-electron chi connectivity index (χ4n) is 4.38. The third kappa shape index (κ3) is 11.2. The molecule has 3 rings (SSSR count). The summed E-state index contributed by atoms with van der Waals surface area (Å²) in [7, 11) is 0. The van der Waals surface area contributed by atoms with E-state index in [0.29, 0.717) is 52.6 Å². The van der Waals surface area contributed by atoms with E-state index in [1.54, 1.807) is 12.1 Å². The fraction of sp³-hybridized carbons (Fsp3) is 0.571. The summed E-state index contributed by atoms with van der Waals surface area (Å²) in [6.45, 7) is 5.64. The van der Waals surface area contributed by atoms with Crippen LogP contribution in [-0.2, 0) is 27.2 Å². The minimum Gasteiger partial charge on any atom is -0.477 e. The average molecular weight is 530 g/mol. The molecule has 1 aliphatic rings. The molecule has 1 fully saturated rings. The molecule has 0 saturated carbocycles. The first-order chi connectivity index (χ1) is 18.5. The minimum atomic E-state index is -1.02. The van der Waals surface area contributed by atoms with Gasteiger partial charge in [-0.15, -0.1) is 0 Å². The van der Waals surface area contributed by atoms with Crippen LogP contribution in [0.3, 0.4) is 0 Å². The monoisotopic (exact) mass is 529 g/mol. The summed E-state index contributed by atoms with van der Waals surface area (Å²) < 4.78 is 17.5. The average Bonchev–Trinajstić information content (AvgIpc) is 2.91. The van der Waals surface area contributed by atoms with Crippen LogP contribution in [-0.4, -0.2) is 89.8 Å². The van der Waals surface area contributed by atoms with Crippen LogP contribution in [0.5, 0.6) is 0 Å². The Morgan fingerprint density at radius 2 is 1.34 bits per heavy atom. The molecule has 0 aromatic carbocycles. The largest absolute Gasteiger partial charge is 0.477 e. The van der Waals surface area contributed by atoms with Crippen LogP contribution in [0.25, 0.3) is 0 Å². The first-order valence-corrected chi connectivity index (χ1v) is 13.4. The summed E-state index contributed by atoms with van der Waals surface area (Å²) in [5.41, 5.74) is 1.63. The molecular formula is C28H39N3O7. The van der Waals surface area contributed by atoms with Gasteiger partial charge in [-0.05, 0) is 75.3 Å². The van der Waals surface area contributed by atoms with E-state index in [4.69, 9.17) is 14.2 Å². The van der Waals surface area contributed by atoms with E-state index in [-0.39, 0.29) is 17.3 Å². The zero-order chi connectivity index (χ0) is 27.0. The summed E-state index contributed by atoms with van der Waals surface area (Å²) in [4.78, 5) is 33.3. The van der Waals surface area contributed by atoms with Crippen LogP contribution in [0.15, 0.2) is 36.4 Å². The fourth-order valence-corrected chi connectivity index (χ4v) is 4.38. The molecule has 208 valence electrons. The molecule has 10 nitrogen and oxygen atoms in total. The zero-order valence-corrected chi connectivity index (χ0v) is 21.9. The lowest BCUT2D eigenvalue weighted by atomic mass is 9.96. The van der Waals surface area contributed by atoms with Crippen molar-refractivity contribution in [1.29, 1.82) is 0 Å². The van der Waals surface area contributed by atoms with Gasteiger partial charge >= 0.3 is 11.9 Å². The van der Waals surface area contributed by atoms with Crippen LogP contribution in [0, 0.1) is 5.92 Å². The van der Waals surface area contributed by atoms with Gasteiger partial charge in [0, 0.05) is 38.6 Å². The first-order valence-electron chi connectivity index (χ1n) is 13.4. The number of carboxylic acids is 2. The van der Waals surface area contributed by atoms with Crippen molar-refractivity contribution in [3.63, 3.8) is 0 Å². The van der Waals surface area contributed by atoms with Crippen molar-refractivity contribution in [2.45, 2.75) is 45.1 Å². The van der Waals surface area contributed by atoms with Crippen LogP contribution in [0.2, 0.25) is 0 Å². The third-order valence-electron chi connectivity index (χ3n) is 6.46. The highest BCUT2D eigenvalue weighted by atomic mass is 16.5. The maximum Gasteiger partial charge on any atom is 0.354 e. The minimum absolute atomic E-state index is 0.0571. The summed E-state index contributed by atoms with van der Waals surface area (Å²) in [6, 6.07) is 10.2. The second-order valence-electron chi connectivity index (χ2n) is 9.46. The van der Waals surface area contributed by atoms with Gasteiger partial charge in [-0.1, -0.05) is 12.1 Å². The lowest BCUT2D eigenvalue weighted by Gasteiger charge is -2.22. The molecule has 1 saturated heterocycles. The molecule has 0 radical (unpaired) electrons. The molecule has 1 aliphatic heterocycles. The Kier molecular flexibility index (Phi) is 13.1. The van der Waals surface area contributed by atoms with E-state index in [1.165, 1.54) is 12.1 Å². The highest BCUT2D eigenvalue weighted by Gasteiger charge is 2.14. The summed E-state index contributed by atoms with van der Waals surface area (Å²) in [5, 5.41) is 18.4. The molecule has 10 heteroatoms. The predicted molar refractivity (Wildman–Crippen MR) is 140 cm³/mol. The van der Waals surface area contributed by atoms with Gasteiger partial charge in [-0.3, -0.25) is 4.90 Å². The Hall–Kier alpha value is -2.92. The SMILES string of the molecule is O=C(O)c1cccc(CC2CCOCCCCCN(Cc3cccc(C(=O)O)n3)CCOCCOCC2)n1. The lowest BCUT2D eigenvalue weighted by Crippen LogP contribution is -2.29. The van der Waals surface area contributed by atoms with Gasteiger partial charge in [0.1, 0.15) is 11.4 Å². The number of nitrogens with zero attached hydrogens (tertiary/aromatic N) is 3. The second-order valence-corrected chi connectivity index (χ2v) is 9.46. The van der Waals surface area contributed by atoms with Crippen molar-refractivity contribution in [3.05, 3.63) is 59.2 Å². The Bertz CT molecular complexity index is 904. The van der Waals surface area contributed by atoms with Crippen molar-refractivity contribution in [1.82, 2.24) is 14.9 Å². The van der Waals surface area contributed by atoms with E-state index in [9.17, 15) is 19.8 Å². The number of ether oxygens (including phenoxy) is 3. The summed E-state index contributed by atoms with van der Waals surface area (Å²) in [5.74, 6) is -1.76. The topological polar surface area (TPSA) is 131 Å². The molecule has 0 amide bonds. The van der Waals surface area contributed by atoms with Gasteiger partial charge < -0.3 is 24.4 Å². The first kappa shape index (κ1) is 29.6. The number of pyridine rings is 2. The summed E-state index contributed by atoms with van der Waals surface area (Å²) in [6.07, 6.45) is 5.37. The van der Waals surface area contributed by atoms with Crippen LogP contribution in [0.1, 0.15) is 64.5 Å². The number of rotatable bonds is 6. The van der Waals surface area contributed by atoms with Crippen molar-refractivity contribution in [2.24, 2.45) is 5.92 Å². The molecule has 2 N–H and O–H groups in total. The molecule has 38 heavy (non-hydrogen) atoms. The van der Waals surface area contributed by atoms with Crippen LogP contribution < -0.4 is 0 Å². The number of hydrogen-bond donors (Lipinski definition) is 2. The highest BCUT2D eigenvalue weighted by Crippen LogP contribution is 2.17. The smallest absolute Gasteiger partial charge is 0.354 e. The standard InChI is InChI=1S/C28H39N3O7/c32-27(33)25-8-4-6-23(29-25)20-22-10-15-36-14-3-1-2-12-31(13-17-38-19-18-37-16-11-22)21-24-7-5-9-26(30-24)28(34)35/h4-9,22H,1-3,10-21H2,(H,32,33)(H,34,35). The Labute approximate surface area is 224 Å². The van der Waals surface area contributed by atoms with Gasteiger partial charge in [0.25, 0.3) is 0 Å². The van der Waals surface area contributed by atoms with Crippen molar-refractivity contribution < 1.29 is 34.0 Å². The molecule has 1 atom stereocenters. The molecule has 0 bridgehead atoms. The van der Waals surface area contributed by atoms with Gasteiger partial charge in [0.05, 0.1) is 25.5 Å². The lowest BCUT2D eigenvalue weighted by molar-refractivity contribution is 0.0306. The van der Waals surface area contributed by atoms with Crippen molar-refractivity contribution in [3.8, 4) is 0 Å². The highest BCUT2D eigenvalue weighted by molar-refractivity contribution is 5.85. The van der Waals surface area contributed by atoms with Gasteiger partial charge in [-0.2, -0.15) is 0 Å². The molecule has 0 spiro atoms. The quantitative estimate of drug-likeness (QED) is 0.573. The van der Waals surface area contributed by atoms with Crippen LogP contribution in [0.4, 0.5) is 0 Å². The van der Waals surface area contributed by atoms with Gasteiger partial charge in [0.15, 0.2) is 0 Å². The molecule has 1 unspecified atom stereocenters. The van der Waals surface area contributed by atoms with Crippen molar-refractivity contribution in [2.75, 3.05) is 52.7 Å². The Morgan fingerprint density at radius 3 is 2.03 bits per heavy atom. The van der Waals surface area contributed by atoms with Gasteiger partial charge in [-0.25, -0.2) is 19.6 Å². The van der Waals surface area contributed by atoms with Gasteiger partial charge in [0.2, 0.25) is 0 Å². The Morgan fingerprint density at radius 1 is 0.737 bits per heavy atom. The number of hydrogen-bond acceptors (Lipinski definition) is 8. The Balaban J connectivity index is 1.48. The van der Waals surface area contributed by atoms with E-state index in [2.05, 4.69) is 14.9 Å². The number of carboxylic acid groups (broad SMARTS) is 2. The summed E-state index contributed by atoms with van der Waals surface area (Å²) >= 11 is 0. The van der Waals surface area contributed by atoms with Crippen molar-refractivity contribution >= 4 is 11.9 Å².